The predicted molar refractivity (Wildman–Crippen MR) is 297 cm³/mol. The third kappa shape index (κ3) is 53.9. The summed E-state index contributed by atoms with van der Waals surface area (Å²) < 4.78 is 5.50. The lowest BCUT2D eigenvalue weighted by Gasteiger charge is -2.22. The molecule has 0 radical (unpaired) electrons. The molecule has 404 valence electrons. The molecule has 0 aromatic rings. The SMILES string of the molecule is CCCCCCCCC/C=C\CCCCCCCCCC(=O)OCCCCCCCCCCCCCCCCCCCCCCCCC(=O)NC(CO)C(O)CCCCCCCCCCCCC. The summed E-state index contributed by atoms with van der Waals surface area (Å²) in [5.74, 6) is -0.0237. The molecule has 0 aliphatic heterocycles. The van der Waals surface area contributed by atoms with E-state index >= 15 is 0 Å². The van der Waals surface area contributed by atoms with E-state index in [1.54, 1.807) is 0 Å². The first-order valence-electron chi connectivity index (χ1n) is 30.9. The Kier molecular flexibility index (Phi) is 57.0. The predicted octanol–water partition coefficient (Wildman–Crippen LogP) is 19.2. The van der Waals surface area contributed by atoms with Crippen molar-refractivity contribution in [3.63, 3.8) is 0 Å². The van der Waals surface area contributed by atoms with Gasteiger partial charge in [-0.15, -0.1) is 0 Å². The lowest BCUT2D eigenvalue weighted by Crippen LogP contribution is -2.45. The third-order valence-corrected chi connectivity index (χ3v) is 14.6. The van der Waals surface area contributed by atoms with Crippen molar-refractivity contribution in [2.75, 3.05) is 13.2 Å². The Morgan fingerprint density at radius 2 is 0.691 bits per heavy atom. The molecule has 0 bridgehead atoms. The number of aliphatic hydroxyl groups excluding tert-OH is 2. The Bertz CT molecular complexity index is 1020. The Morgan fingerprint density at radius 1 is 0.397 bits per heavy atom. The Balaban J connectivity index is 3.34. The van der Waals surface area contributed by atoms with Gasteiger partial charge in [-0.2, -0.15) is 0 Å². The van der Waals surface area contributed by atoms with Crippen molar-refractivity contribution in [1.29, 1.82) is 0 Å². The Hall–Kier alpha value is -1.40. The second-order valence-corrected chi connectivity index (χ2v) is 21.4. The standard InChI is InChI=1S/C62H121NO5/c1-3-5-7-9-11-13-15-16-17-18-26-29-32-36-40-44-48-52-56-62(67)68-57-53-49-45-41-37-33-30-27-24-22-20-19-21-23-25-28-31-35-39-43-47-51-55-61(66)63-59(58-64)60(65)54-50-46-42-38-34-14-12-10-8-6-4-2/h17-18,59-60,64-65H,3-16,19-58H2,1-2H3,(H,63,66)/b18-17-. The summed E-state index contributed by atoms with van der Waals surface area (Å²) in [6.07, 6.45) is 69.4. The molecule has 3 N–H and O–H groups in total. The van der Waals surface area contributed by atoms with Crippen LogP contribution in [-0.2, 0) is 14.3 Å². The number of esters is 1. The Morgan fingerprint density at radius 3 is 1.04 bits per heavy atom. The Labute approximate surface area is 425 Å². The van der Waals surface area contributed by atoms with Crippen LogP contribution in [-0.4, -0.2) is 47.4 Å². The summed E-state index contributed by atoms with van der Waals surface area (Å²) >= 11 is 0. The van der Waals surface area contributed by atoms with Gasteiger partial charge in [-0.3, -0.25) is 9.59 Å². The van der Waals surface area contributed by atoms with Crippen LogP contribution < -0.4 is 5.32 Å². The molecule has 0 heterocycles. The summed E-state index contributed by atoms with van der Waals surface area (Å²) in [4.78, 5) is 24.5. The maximum atomic E-state index is 12.4. The second-order valence-electron chi connectivity index (χ2n) is 21.4. The van der Waals surface area contributed by atoms with Crippen LogP contribution in [0, 0.1) is 0 Å². The number of carbonyl (C=O) groups is 2. The smallest absolute Gasteiger partial charge is 0.305 e. The molecule has 68 heavy (non-hydrogen) atoms. The van der Waals surface area contributed by atoms with E-state index in [0.29, 0.717) is 25.9 Å². The first kappa shape index (κ1) is 66.6. The molecule has 2 atom stereocenters. The topological polar surface area (TPSA) is 95.9 Å². The van der Waals surface area contributed by atoms with Crippen molar-refractivity contribution in [3.8, 4) is 0 Å². The number of carbonyl (C=O) groups excluding carboxylic acids is 2. The first-order valence-corrected chi connectivity index (χ1v) is 30.9. The summed E-state index contributed by atoms with van der Waals surface area (Å²) in [5, 5.41) is 23.2. The van der Waals surface area contributed by atoms with Crippen LogP contribution in [0.5, 0.6) is 0 Å². The fourth-order valence-corrected chi connectivity index (χ4v) is 9.81. The number of rotatable bonds is 58. The van der Waals surface area contributed by atoms with Gasteiger partial charge in [0.15, 0.2) is 0 Å². The van der Waals surface area contributed by atoms with Crippen molar-refractivity contribution in [2.45, 2.75) is 360 Å². The minimum Gasteiger partial charge on any atom is -0.466 e. The average molecular weight is 961 g/mol. The van der Waals surface area contributed by atoms with E-state index in [9.17, 15) is 19.8 Å². The highest BCUT2D eigenvalue weighted by atomic mass is 16.5. The molecule has 0 saturated carbocycles. The number of unbranched alkanes of at least 4 members (excludes halogenated alkanes) is 45. The van der Waals surface area contributed by atoms with Crippen LogP contribution in [0.4, 0.5) is 0 Å². The van der Waals surface area contributed by atoms with Gasteiger partial charge in [-0.25, -0.2) is 0 Å². The van der Waals surface area contributed by atoms with Gasteiger partial charge < -0.3 is 20.3 Å². The minimum absolute atomic E-state index is 0.0110. The quantitative estimate of drug-likeness (QED) is 0.0321. The van der Waals surface area contributed by atoms with E-state index in [2.05, 4.69) is 31.3 Å². The van der Waals surface area contributed by atoms with E-state index in [4.69, 9.17) is 4.74 Å². The van der Waals surface area contributed by atoms with Crippen molar-refractivity contribution in [1.82, 2.24) is 5.32 Å². The summed E-state index contributed by atoms with van der Waals surface area (Å²) in [6.45, 7) is 4.96. The molecule has 0 aromatic carbocycles. The number of aliphatic hydroxyl groups is 2. The average Bonchev–Trinajstić information content (AvgIpc) is 3.34. The monoisotopic (exact) mass is 960 g/mol. The van der Waals surface area contributed by atoms with Crippen LogP contribution in [0.3, 0.4) is 0 Å². The highest BCUT2D eigenvalue weighted by Crippen LogP contribution is 2.18. The fourth-order valence-electron chi connectivity index (χ4n) is 9.81. The van der Waals surface area contributed by atoms with E-state index in [0.717, 1.165) is 44.9 Å². The largest absolute Gasteiger partial charge is 0.466 e. The van der Waals surface area contributed by atoms with Gasteiger partial charge in [0.05, 0.1) is 25.4 Å². The highest BCUT2D eigenvalue weighted by molar-refractivity contribution is 5.76. The zero-order valence-corrected chi connectivity index (χ0v) is 46.1. The van der Waals surface area contributed by atoms with E-state index in [1.165, 1.54) is 270 Å². The van der Waals surface area contributed by atoms with Gasteiger partial charge in [-0.05, 0) is 51.4 Å². The van der Waals surface area contributed by atoms with Gasteiger partial charge in [0, 0.05) is 12.8 Å². The van der Waals surface area contributed by atoms with Crippen molar-refractivity contribution in [3.05, 3.63) is 12.2 Å². The zero-order chi connectivity index (χ0) is 49.3. The number of allylic oxidation sites excluding steroid dienone is 2. The molecule has 0 rings (SSSR count). The number of ether oxygens (including phenoxy) is 1. The van der Waals surface area contributed by atoms with Gasteiger partial charge in [0.1, 0.15) is 0 Å². The first-order chi connectivity index (χ1) is 33.5. The molecule has 0 fully saturated rings. The molecule has 6 nitrogen and oxygen atoms in total. The molecule has 1 amide bonds. The molecule has 6 heteroatoms. The summed E-state index contributed by atoms with van der Waals surface area (Å²) in [5.41, 5.74) is 0. The van der Waals surface area contributed by atoms with Gasteiger partial charge >= 0.3 is 5.97 Å². The number of nitrogens with one attached hydrogen (secondary N) is 1. The zero-order valence-electron chi connectivity index (χ0n) is 46.1. The van der Waals surface area contributed by atoms with Crippen LogP contribution >= 0.6 is 0 Å². The second kappa shape index (κ2) is 58.2. The molecule has 0 saturated heterocycles. The summed E-state index contributed by atoms with van der Waals surface area (Å²) in [6, 6.07) is -0.539. The van der Waals surface area contributed by atoms with Crippen molar-refractivity contribution in [2.24, 2.45) is 0 Å². The molecule has 0 spiro atoms. The highest BCUT2D eigenvalue weighted by Gasteiger charge is 2.20. The van der Waals surface area contributed by atoms with Gasteiger partial charge in [0.25, 0.3) is 0 Å². The molecule has 0 aromatic heterocycles. The maximum Gasteiger partial charge on any atom is 0.305 e. The van der Waals surface area contributed by atoms with Crippen LogP contribution in [0.2, 0.25) is 0 Å². The molecular weight excluding hydrogens is 839 g/mol. The van der Waals surface area contributed by atoms with E-state index < -0.39 is 12.1 Å². The van der Waals surface area contributed by atoms with Crippen LogP contribution in [0.25, 0.3) is 0 Å². The van der Waals surface area contributed by atoms with Crippen molar-refractivity contribution < 1.29 is 24.5 Å². The fraction of sp³-hybridized carbons (Fsp3) is 0.935. The van der Waals surface area contributed by atoms with Gasteiger partial charge in [-0.1, -0.05) is 296 Å². The molecular formula is C62H121NO5. The molecule has 0 aliphatic rings. The summed E-state index contributed by atoms with van der Waals surface area (Å²) in [7, 11) is 0. The van der Waals surface area contributed by atoms with E-state index in [1.807, 2.05) is 0 Å². The lowest BCUT2D eigenvalue weighted by molar-refractivity contribution is -0.143. The van der Waals surface area contributed by atoms with Gasteiger partial charge in [0.2, 0.25) is 5.91 Å². The van der Waals surface area contributed by atoms with E-state index in [-0.39, 0.29) is 18.5 Å². The van der Waals surface area contributed by atoms with Crippen LogP contribution in [0.1, 0.15) is 348 Å². The normalized spacial score (nSPS) is 12.6. The number of hydrogen-bond donors (Lipinski definition) is 3. The lowest BCUT2D eigenvalue weighted by atomic mass is 10.0. The number of hydrogen-bond acceptors (Lipinski definition) is 5. The maximum absolute atomic E-state index is 12.4. The third-order valence-electron chi connectivity index (χ3n) is 14.6. The van der Waals surface area contributed by atoms with Crippen molar-refractivity contribution >= 4 is 11.9 Å². The minimum atomic E-state index is -0.662. The molecule has 0 aliphatic carbocycles. The van der Waals surface area contributed by atoms with Crippen LogP contribution in [0.15, 0.2) is 12.2 Å². The number of amides is 1. The molecule has 2 unspecified atom stereocenters.